The van der Waals surface area contributed by atoms with Gasteiger partial charge in [-0.25, -0.2) is 0 Å². The normalized spacial score (nSPS) is 20.1. The summed E-state index contributed by atoms with van der Waals surface area (Å²) in [7, 11) is 4.42. The van der Waals surface area contributed by atoms with Crippen molar-refractivity contribution in [3.63, 3.8) is 0 Å². The SMILES string of the molecule is CN1CCC(N(C)C(CN)c2cc(Br)c(Br)s2)CC1. The van der Waals surface area contributed by atoms with Crippen LogP contribution < -0.4 is 5.73 Å². The Morgan fingerprint density at radius 3 is 2.58 bits per heavy atom. The molecule has 2 rings (SSSR count). The monoisotopic (exact) mass is 409 g/mol. The maximum Gasteiger partial charge on any atom is 0.0843 e. The summed E-state index contributed by atoms with van der Waals surface area (Å²) in [6.45, 7) is 3.04. The highest BCUT2D eigenvalue weighted by Gasteiger charge is 2.27. The van der Waals surface area contributed by atoms with Gasteiger partial charge in [0.25, 0.3) is 0 Å². The van der Waals surface area contributed by atoms with E-state index in [9.17, 15) is 0 Å². The molecule has 3 nitrogen and oxygen atoms in total. The van der Waals surface area contributed by atoms with Crippen LogP contribution >= 0.6 is 43.2 Å². The molecule has 1 aliphatic rings. The van der Waals surface area contributed by atoms with E-state index >= 15 is 0 Å². The summed E-state index contributed by atoms with van der Waals surface area (Å²) < 4.78 is 2.28. The molecule has 108 valence electrons. The number of likely N-dealkylation sites (N-methyl/N-ethyl adjacent to an activating group) is 1. The molecular formula is C13H21Br2N3S. The molecule has 0 spiro atoms. The first-order valence-electron chi connectivity index (χ1n) is 6.58. The lowest BCUT2D eigenvalue weighted by Gasteiger charge is -2.38. The van der Waals surface area contributed by atoms with Gasteiger partial charge in [0.15, 0.2) is 0 Å². The van der Waals surface area contributed by atoms with E-state index in [0.29, 0.717) is 18.6 Å². The second kappa shape index (κ2) is 7.00. The van der Waals surface area contributed by atoms with Crippen molar-refractivity contribution in [3.8, 4) is 0 Å². The van der Waals surface area contributed by atoms with Gasteiger partial charge in [-0.2, -0.15) is 0 Å². The van der Waals surface area contributed by atoms with Gasteiger partial charge in [0.1, 0.15) is 0 Å². The third kappa shape index (κ3) is 3.80. The number of nitrogens with two attached hydrogens (primary N) is 1. The second-order valence-corrected chi connectivity index (χ2v) is 8.48. The topological polar surface area (TPSA) is 32.5 Å². The van der Waals surface area contributed by atoms with Gasteiger partial charge in [0.2, 0.25) is 0 Å². The summed E-state index contributed by atoms with van der Waals surface area (Å²) in [5.41, 5.74) is 6.02. The number of likely N-dealkylation sites (tertiary alicyclic amines) is 1. The Morgan fingerprint density at radius 1 is 1.47 bits per heavy atom. The minimum Gasteiger partial charge on any atom is -0.329 e. The molecule has 2 N–H and O–H groups in total. The quantitative estimate of drug-likeness (QED) is 0.826. The molecular weight excluding hydrogens is 390 g/mol. The van der Waals surface area contributed by atoms with Crippen LogP contribution in [0.3, 0.4) is 0 Å². The molecule has 1 unspecified atom stereocenters. The van der Waals surface area contributed by atoms with Gasteiger partial charge in [-0.05, 0) is 78.0 Å². The maximum atomic E-state index is 6.02. The molecule has 0 amide bonds. The highest BCUT2D eigenvalue weighted by Crippen LogP contribution is 2.37. The van der Waals surface area contributed by atoms with Crippen molar-refractivity contribution in [2.45, 2.75) is 24.9 Å². The summed E-state index contributed by atoms with van der Waals surface area (Å²) in [4.78, 5) is 6.21. The van der Waals surface area contributed by atoms with Crippen molar-refractivity contribution in [2.75, 3.05) is 33.7 Å². The van der Waals surface area contributed by atoms with Crippen LogP contribution in [-0.2, 0) is 0 Å². The van der Waals surface area contributed by atoms with Crippen molar-refractivity contribution in [1.82, 2.24) is 9.80 Å². The average molecular weight is 411 g/mol. The van der Waals surface area contributed by atoms with Crippen molar-refractivity contribution < 1.29 is 0 Å². The zero-order valence-electron chi connectivity index (χ0n) is 11.4. The second-order valence-electron chi connectivity index (χ2n) is 5.22. The highest BCUT2D eigenvalue weighted by molar-refractivity contribution is 9.13. The molecule has 0 saturated carbocycles. The molecule has 1 fully saturated rings. The lowest BCUT2D eigenvalue weighted by atomic mass is 10.0. The number of nitrogens with zero attached hydrogens (tertiary/aromatic N) is 2. The van der Waals surface area contributed by atoms with Crippen molar-refractivity contribution in [3.05, 3.63) is 19.2 Å². The van der Waals surface area contributed by atoms with E-state index in [2.05, 4.69) is 61.8 Å². The molecule has 1 aromatic heterocycles. The molecule has 0 aromatic carbocycles. The van der Waals surface area contributed by atoms with Crippen molar-refractivity contribution in [1.29, 1.82) is 0 Å². The van der Waals surface area contributed by atoms with Crippen LogP contribution in [0.15, 0.2) is 14.3 Å². The first-order valence-corrected chi connectivity index (χ1v) is 8.98. The maximum absolute atomic E-state index is 6.02. The Labute approximate surface area is 136 Å². The minimum atomic E-state index is 0.320. The van der Waals surface area contributed by atoms with Crippen LogP contribution in [0.1, 0.15) is 23.8 Å². The molecule has 0 bridgehead atoms. The fourth-order valence-electron chi connectivity index (χ4n) is 2.67. The number of thiophene rings is 1. The Morgan fingerprint density at radius 2 is 2.11 bits per heavy atom. The molecule has 1 aliphatic heterocycles. The first kappa shape index (κ1) is 15.9. The summed E-state index contributed by atoms with van der Waals surface area (Å²) in [5.74, 6) is 0. The van der Waals surface area contributed by atoms with E-state index in [1.54, 1.807) is 11.3 Å². The van der Waals surface area contributed by atoms with Gasteiger partial charge in [-0.15, -0.1) is 11.3 Å². The number of rotatable bonds is 4. The standard InChI is InChI=1S/C13H21Br2N3S/c1-17-5-3-9(4-6-17)18(2)11(8-16)12-7-10(14)13(15)19-12/h7,9,11H,3-6,8,16H2,1-2H3. The molecule has 1 saturated heterocycles. The molecule has 1 aromatic rings. The van der Waals surface area contributed by atoms with Gasteiger partial charge >= 0.3 is 0 Å². The Hall–Kier alpha value is 0.540. The van der Waals surface area contributed by atoms with E-state index in [0.717, 1.165) is 8.26 Å². The fourth-order valence-corrected chi connectivity index (χ4v) is 4.92. The predicted octanol–water partition coefficient (Wildman–Crippen LogP) is 3.30. The predicted molar refractivity (Wildman–Crippen MR) is 89.8 cm³/mol. The van der Waals surface area contributed by atoms with Gasteiger partial charge in [-0.3, -0.25) is 4.90 Å². The van der Waals surface area contributed by atoms with E-state index in [4.69, 9.17) is 5.73 Å². The molecule has 2 heterocycles. The Balaban J connectivity index is 2.08. The number of hydrogen-bond donors (Lipinski definition) is 1. The van der Waals surface area contributed by atoms with Crippen LogP contribution in [0.25, 0.3) is 0 Å². The fraction of sp³-hybridized carbons (Fsp3) is 0.692. The number of halogens is 2. The van der Waals surface area contributed by atoms with E-state index in [-0.39, 0.29) is 0 Å². The lowest BCUT2D eigenvalue weighted by Crippen LogP contribution is -2.44. The molecule has 0 aliphatic carbocycles. The first-order chi connectivity index (χ1) is 9.02. The van der Waals surface area contributed by atoms with E-state index in [1.165, 1.54) is 30.8 Å². The smallest absolute Gasteiger partial charge is 0.0843 e. The highest BCUT2D eigenvalue weighted by atomic mass is 79.9. The largest absolute Gasteiger partial charge is 0.329 e. The zero-order valence-corrected chi connectivity index (χ0v) is 15.4. The van der Waals surface area contributed by atoms with Crippen LogP contribution in [0.5, 0.6) is 0 Å². The summed E-state index contributed by atoms with van der Waals surface area (Å²) in [6.07, 6.45) is 2.47. The molecule has 1 atom stereocenters. The lowest BCUT2D eigenvalue weighted by molar-refractivity contribution is 0.111. The average Bonchev–Trinajstić information content (AvgIpc) is 2.71. The number of piperidine rings is 1. The Bertz CT molecular complexity index is 397. The van der Waals surface area contributed by atoms with Gasteiger partial charge in [-0.1, -0.05) is 0 Å². The summed E-state index contributed by atoms with van der Waals surface area (Å²) in [6, 6.07) is 3.16. The summed E-state index contributed by atoms with van der Waals surface area (Å²) >= 11 is 8.91. The van der Waals surface area contributed by atoms with Gasteiger partial charge in [0.05, 0.1) is 9.83 Å². The van der Waals surface area contributed by atoms with Gasteiger partial charge in [0, 0.05) is 21.9 Å². The van der Waals surface area contributed by atoms with Crippen LogP contribution in [0.2, 0.25) is 0 Å². The van der Waals surface area contributed by atoms with Crippen molar-refractivity contribution >= 4 is 43.2 Å². The zero-order chi connectivity index (χ0) is 14.0. The van der Waals surface area contributed by atoms with Crippen LogP contribution in [0.4, 0.5) is 0 Å². The van der Waals surface area contributed by atoms with Gasteiger partial charge < -0.3 is 10.6 Å². The van der Waals surface area contributed by atoms with Crippen molar-refractivity contribution in [2.24, 2.45) is 5.73 Å². The van der Waals surface area contributed by atoms with E-state index in [1.807, 2.05) is 0 Å². The Kier molecular flexibility index (Phi) is 5.87. The van der Waals surface area contributed by atoms with E-state index < -0.39 is 0 Å². The molecule has 0 radical (unpaired) electrons. The summed E-state index contributed by atoms with van der Waals surface area (Å²) in [5, 5.41) is 0. The third-order valence-corrected chi connectivity index (χ3v) is 7.33. The molecule has 6 heteroatoms. The third-order valence-electron chi connectivity index (χ3n) is 3.97. The minimum absolute atomic E-state index is 0.320. The molecule has 19 heavy (non-hydrogen) atoms. The number of hydrogen-bond acceptors (Lipinski definition) is 4. The van der Waals surface area contributed by atoms with Crippen LogP contribution in [-0.4, -0.2) is 49.6 Å². The van der Waals surface area contributed by atoms with Crippen LogP contribution in [0, 0.1) is 0 Å².